The molecular formula is C9H13BO5. The van der Waals surface area contributed by atoms with Crippen LogP contribution in [0.4, 0.5) is 0 Å². The molecule has 82 valence electrons. The molecular weight excluding hydrogens is 199 g/mol. The minimum absolute atomic E-state index is 0.701. The van der Waals surface area contributed by atoms with Crippen molar-refractivity contribution in [1.29, 1.82) is 0 Å². The minimum Gasteiger partial charge on any atom is -0.492 e. The van der Waals surface area contributed by atoms with Gasteiger partial charge >= 0.3 is 7.69 Å². The van der Waals surface area contributed by atoms with Crippen molar-refractivity contribution in [2.45, 2.75) is 0 Å². The number of hydrogen-bond donors (Lipinski definition) is 2. The van der Waals surface area contributed by atoms with Crippen molar-refractivity contribution in [3.63, 3.8) is 0 Å². The highest BCUT2D eigenvalue weighted by Gasteiger charge is 2.32. The molecule has 0 spiro atoms. The molecule has 0 fully saturated rings. The molecule has 0 aliphatic heterocycles. The predicted molar refractivity (Wildman–Crippen MR) is 56.7 cm³/mol. The van der Waals surface area contributed by atoms with E-state index in [1.165, 1.54) is 0 Å². The van der Waals surface area contributed by atoms with Crippen LogP contribution in [-0.2, 0) is 0 Å². The summed E-state index contributed by atoms with van der Waals surface area (Å²) in [5.41, 5.74) is 2.21. The summed E-state index contributed by atoms with van der Waals surface area (Å²) < 4.78 is 15.5. The molecule has 0 aromatic heterocycles. The Morgan fingerprint density at radius 1 is 0.867 bits per heavy atom. The fourth-order valence-electron chi connectivity index (χ4n) is 1.42. The molecule has 0 atom stereocenters. The van der Waals surface area contributed by atoms with E-state index in [0.717, 1.165) is 22.6 Å². The lowest BCUT2D eigenvalue weighted by Gasteiger charge is -2.04. The molecule has 0 unspecified atom stereocenters. The topological polar surface area (TPSA) is 68.2 Å². The molecule has 5 nitrogen and oxygen atoms in total. The summed E-state index contributed by atoms with van der Waals surface area (Å²) in [5.74, 6) is 2.27. The van der Waals surface area contributed by atoms with Crippen LogP contribution in [0, 0.1) is 0 Å². The maximum absolute atomic E-state index is 7.12. The van der Waals surface area contributed by atoms with Crippen molar-refractivity contribution in [2.75, 3.05) is 21.3 Å². The van der Waals surface area contributed by atoms with Gasteiger partial charge in [0.2, 0.25) is 5.75 Å². The Balaban J connectivity index is 0.000000337. The number of benzene rings is 1. The zero-order valence-corrected chi connectivity index (χ0v) is 8.90. The molecule has 0 amide bonds. The number of fused-ring (bicyclic) bond motifs is 1. The molecule has 0 saturated carbocycles. The van der Waals surface area contributed by atoms with Crippen molar-refractivity contribution in [2.24, 2.45) is 0 Å². The van der Waals surface area contributed by atoms with Crippen LogP contribution in [0.25, 0.3) is 11.1 Å². The summed E-state index contributed by atoms with van der Waals surface area (Å²) in [4.78, 5) is 0. The minimum atomic E-state index is -0.750. The van der Waals surface area contributed by atoms with Crippen LogP contribution in [0.1, 0.15) is 0 Å². The second kappa shape index (κ2) is 4.90. The van der Waals surface area contributed by atoms with E-state index in [2.05, 4.69) is 0 Å². The van der Waals surface area contributed by atoms with Crippen LogP contribution in [-0.4, -0.2) is 39.1 Å². The third kappa shape index (κ3) is 2.00. The van der Waals surface area contributed by atoms with Crippen LogP contribution in [0.5, 0.6) is 17.2 Å². The number of hydrogen-bond acceptors (Lipinski definition) is 5. The van der Waals surface area contributed by atoms with Gasteiger partial charge in [0, 0.05) is 11.1 Å². The Labute approximate surface area is 88.5 Å². The van der Waals surface area contributed by atoms with Gasteiger partial charge in [0.05, 0.1) is 21.3 Å². The van der Waals surface area contributed by atoms with Crippen molar-refractivity contribution >= 4 is 7.69 Å². The van der Waals surface area contributed by atoms with E-state index in [9.17, 15) is 0 Å². The van der Waals surface area contributed by atoms with Gasteiger partial charge in [0.15, 0.2) is 11.5 Å². The summed E-state index contributed by atoms with van der Waals surface area (Å²) in [6, 6.07) is 2.01. The fraction of sp³-hybridized carbons (Fsp3) is 0.333. The molecule has 0 bridgehead atoms. The lowest BCUT2D eigenvalue weighted by Crippen LogP contribution is -1.89. The van der Waals surface area contributed by atoms with Gasteiger partial charge in [-0.3, -0.25) is 0 Å². The van der Waals surface area contributed by atoms with Gasteiger partial charge in [-0.2, -0.15) is 0 Å². The highest BCUT2D eigenvalue weighted by atomic mass is 16.5. The molecule has 0 aromatic carbocycles. The SMILES string of the molecule is COc1c2cc-2c(OC)c1OC.OBO. The second-order valence-corrected chi connectivity index (χ2v) is 2.71. The summed E-state index contributed by atoms with van der Waals surface area (Å²) in [6.45, 7) is 0. The normalized spacial score (nSPS) is 9.67. The lowest BCUT2D eigenvalue weighted by atomic mass is 10.4. The van der Waals surface area contributed by atoms with Crippen LogP contribution >= 0.6 is 0 Å². The monoisotopic (exact) mass is 212 g/mol. The number of methoxy groups -OCH3 is 3. The Hall–Kier alpha value is -1.40. The van der Waals surface area contributed by atoms with Crippen molar-refractivity contribution in [1.82, 2.24) is 0 Å². The second-order valence-electron chi connectivity index (χ2n) is 2.71. The molecule has 2 aliphatic rings. The molecule has 0 saturated heterocycles. The summed E-state index contributed by atoms with van der Waals surface area (Å²) in [5, 5.41) is 14.2. The fourth-order valence-corrected chi connectivity index (χ4v) is 1.42. The zero-order chi connectivity index (χ0) is 11.4. The zero-order valence-electron chi connectivity index (χ0n) is 8.90. The van der Waals surface area contributed by atoms with Gasteiger partial charge in [-0.1, -0.05) is 0 Å². The van der Waals surface area contributed by atoms with Gasteiger partial charge in [-0.15, -0.1) is 0 Å². The van der Waals surface area contributed by atoms with Gasteiger partial charge in [-0.05, 0) is 6.07 Å². The average Bonchev–Trinajstić information content (AvgIpc) is 2.94. The largest absolute Gasteiger partial charge is 0.492 e. The first kappa shape index (κ1) is 11.7. The van der Waals surface area contributed by atoms with E-state index >= 15 is 0 Å². The predicted octanol–water partition coefficient (Wildman–Crippen LogP) is -0.0697. The van der Waals surface area contributed by atoms with Crippen LogP contribution in [0.15, 0.2) is 6.07 Å². The van der Waals surface area contributed by atoms with E-state index in [0.29, 0.717) is 5.75 Å². The van der Waals surface area contributed by atoms with E-state index in [1.807, 2.05) is 6.07 Å². The molecule has 0 radical (unpaired) electrons. The van der Waals surface area contributed by atoms with E-state index in [1.54, 1.807) is 21.3 Å². The van der Waals surface area contributed by atoms with Crippen LogP contribution in [0.3, 0.4) is 0 Å². The Kier molecular flexibility index (Phi) is 3.82. The Bertz CT molecular complexity index is 325. The number of ether oxygens (including phenoxy) is 3. The molecule has 0 heterocycles. The smallest absolute Gasteiger partial charge is 0.432 e. The first-order chi connectivity index (χ1) is 7.24. The van der Waals surface area contributed by atoms with Crippen molar-refractivity contribution in [3.05, 3.63) is 6.07 Å². The van der Waals surface area contributed by atoms with Crippen molar-refractivity contribution in [3.8, 4) is 28.4 Å². The third-order valence-electron chi connectivity index (χ3n) is 2.01. The third-order valence-corrected chi connectivity index (χ3v) is 2.01. The van der Waals surface area contributed by atoms with Crippen LogP contribution < -0.4 is 14.2 Å². The van der Waals surface area contributed by atoms with Gasteiger partial charge in [-0.25, -0.2) is 0 Å². The highest BCUT2D eigenvalue weighted by molar-refractivity contribution is 6.13. The van der Waals surface area contributed by atoms with E-state index in [4.69, 9.17) is 24.3 Å². The van der Waals surface area contributed by atoms with Gasteiger partial charge in [0.1, 0.15) is 0 Å². The first-order valence-corrected chi connectivity index (χ1v) is 4.30. The molecule has 15 heavy (non-hydrogen) atoms. The Morgan fingerprint density at radius 2 is 1.20 bits per heavy atom. The quantitative estimate of drug-likeness (QED) is 0.697. The average molecular weight is 212 g/mol. The van der Waals surface area contributed by atoms with Crippen molar-refractivity contribution < 1.29 is 24.3 Å². The summed E-state index contributed by atoms with van der Waals surface area (Å²) in [6.07, 6.45) is 0. The molecule has 2 aliphatic carbocycles. The lowest BCUT2D eigenvalue weighted by molar-refractivity contribution is 0.332. The van der Waals surface area contributed by atoms with E-state index in [-0.39, 0.29) is 0 Å². The standard InChI is InChI=1S/C9H10O3.BH3O2/c1-10-7-5-4-6(5)8(11-2)9(7)12-3;2-1-3/h4H,1-3H3;1-3H. The molecule has 0 aromatic rings. The van der Waals surface area contributed by atoms with Gasteiger partial charge in [0.25, 0.3) is 0 Å². The van der Waals surface area contributed by atoms with Crippen LogP contribution in [0.2, 0.25) is 0 Å². The van der Waals surface area contributed by atoms with E-state index < -0.39 is 7.69 Å². The highest BCUT2D eigenvalue weighted by Crippen LogP contribution is 2.59. The summed E-state index contributed by atoms with van der Waals surface area (Å²) >= 11 is 0. The maximum Gasteiger partial charge on any atom is 0.432 e. The molecule has 2 rings (SSSR count). The molecule has 2 N–H and O–H groups in total. The molecule has 6 heteroatoms. The summed E-state index contributed by atoms with van der Waals surface area (Å²) in [7, 11) is 4.12. The first-order valence-electron chi connectivity index (χ1n) is 4.30. The maximum atomic E-state index is 7.12. The number of rotatable bonds is 3. The Morgan fingerprint density at radius 3 is 1.47 bits per heavy atom. The van der Waals surface area contributed by atoms with Gasteiger partial charge < -0.3 is 24.3 Å².